The van der Waals surface area contributed by atoms with E-state index in [4.69, 9.17) is 9.47 Å². The van der Waals surface area contributed by atoms with E-state index in [9.17, 15) is 14.4 Å². The monoisotopic (exact) mass is 367 g/mol. The van der Waals surface area contributed by atoms with Crippen LogP contribution in [0, 0.1) is 0 Å². The smallest absolute Gasteiger partial charge is 0.302 e. The molecule has 0 bridgehead atoms. The Morgan fingerprint density at radius 2 is 2.00 bits per heavy atom. The zero-order chi connectivity index (χ0) is 16.1. The molecule has 1 amide bonds. The first kappa shape index (κ1) is 16.4. The Morgan fingerprint density at radius 1 is 1.32 bits per heavy atom. The van der Waals surface area contributed by atoms with Crippen LogP contribution in [-0.4, -0.2) is 36.6 Å². The SMILES string of the molecule is CC(=O)OC[C@@H]1C=C(Br)C(=O)[C@H](NC(=O)c2ccccc2)O1. The molecule has 7 heteroatoms. The van der Waals surface area contributed by atoms with Gasteiger partial charge in [-0.3, -0.25) is 14.4 Å². The highest BCUT2D eigenvalue weighted by Crippen LogP contribution is 2.20. The molecular weight excluding hydrogens is 354 g/mol. The highest BCUT2D eigenvalue weighted by Gasteiger charge is 2.31. The molecule has 0 saturated carbocycles. The summed E-state index contributed by atoms with van der Waals surface area (Å²) in [6.07, 6.45) is -0.249. The van der Waals surface area contributed by atoms with Crippen LogP contribution in [0.2, 0.25) is 0 Å². The van der Waals surface area contributed by atoms with Crippen molar-refractivity contribution in [1.82, 2.24) is 5.32 Å². The van der Waals surface area contributed by atoms with Crippen LogP contribution in [0.5, 0.6) is 0 Å². The summed E-state index contributed by atoms with van der Waals surface area (Å²) in [5.74, 6) is -1.27. The molecule has 1 N–H and O–H groups in total. The van der Waals surface area contributed by atoms with Gasteiger partial charge in [-0.2, -0.15) is 0 Å². The van der Waals surface area contributed by atoms with E-state index in [1.165, 1.54) is 13.0 Å². The minimum absolute atomic E-state index is 0.0323. The van der Waals surface area contributed by atoms with Crippen molar-refractivity contribution in [3.63, 3.8) is 0 Å². The van der Waals surface area contributed by atoms with Crippen LogP contribution < -0.4 is 5.32 Å². The number of esters is 1. The number of ether oxygens (including phenoxy) is 2. The highest BCUT2D eigenvalue weighted by atomic mass is 79.9. The number of hydrogen-bond acceptors (Lipinski definition) is 5. The topological polar surface area (TPSA) is 81.7 Å². The second-order valence-corrected chi connectivity index (χ2v) is 5.43. The Balaban J connectivity index is 2.04. The van der Waals surface area contributed by atoms with Gasteiger partial charge in [-0.25, -0.2) is 0 Å². The Bertz CT molecular complexity index is 614. The maximum absolute atomic E-state index is 12.1. The molecule has 1 aliphatic heterocycles. The maximum atomic E-state index is 12.1. The normalized spacial score (nSPS) is 21.0. The molecule has 0 aliphatic carbocycles. The second kappa shape index (κ2) is 7.33. The van der Waals surface area contributed by atoms with Crippen LogP contribution in [0.3, 0.4) is 0 Å². The second-order valence-electron chi connectivity index (χ2n) is 4.58. The van der Waals surface area contributed by atoms with E-state index in [0.29, 0.717) is 5.56 Å². The first-order valence-electron chi connectivity index (χ1n) is 6.53. The van der Waals surface area contributed by atoms with Crippen molar-refractivity contribution in [3.05, 3.63) is 46.5 Å². The molecule has 0 aromatic heterocycles. The van der Waals surface area contributed by atoms with E-state index in [1.807, 2.05) is 0 Å². The number of nitrogens with one attached hydrogen (secondary N) is 1. The number of halogens is 1. The summed E-state index contributed by atoms with van der Waals surface area (Å²) in [5, 5.41) is 2.51. The lowest BCUT2D eigenvalue weighted by molar-refractivity contribution is -0.148. The van der Waals surface area contributed by atoms with E-state index in [0.717, 1.165) is 0 Å². The van der Waals surface area contributed by atoms with Crippen molar-refractivity contribution >= 4 is 33.6 Å². The predicted molar refractivity (Wildman–Crippen MR) is 81.2 cm³/mol. The van der Waals surface area contributed by atoms with Gasteiger partial charge < -0.3 is 14.8 Å². The van der Waals surface area contributed by atoms with Crippen LogP contribution in [0.1, 0.15) is 17.3 Å². The fraction of sp³-hybridized carbons (Fsp3) is 0.267. The standard InChI is InChI=1S/C15H14BrNO5/c1-9(18)21-8-11-7-12(16)13(19)15(22-11)17-14(20)10-5-3-2-4-6-10/h2-7,11,15H,8H2,1H3,(H,17,20)/t11-,15+/m0/s1. The molecule has 22 heavy (non-hydrogen) atoms. The predicted octanol–water partition coefficient (Wildman–Crippen LogP) is 1.55. The third-order valence-electron chi connectivity index (χ3n) is 2.87. The van der Waals surface area contributed by atoms with Crippen molar-refractivity contribution < 1.29 is 23.9 Å². The van der Waals surface area contributed by atoms with Gasteiger partial charge in [0.2, 0.25) is 5.78 Å². The minimum Gasteiger partial charge on any atom is -0.463 e. The van der Waals surface area contributed by atoms with Crippen molar-refractivity contribution in [2.75, 3.05) is 6.61 Å². The van der Waals surface area contributed by atoms with Crippen LogP contribution in [0.4, 0.5) is 0 Å². The molecule has 2 atom stereocenters. The minimum atomic E-state index is -1.13. The lowest BCUT2D eigenvalue weighted by Crippen LogP contribution is -2.48. The van der Waals surface area contributed by atoms with E-state index < -0.39 is 30.0 Å². The lowest BCUT2D eigenvalue weighted by Gasteiger charge is -2.26. The van der Waals surface area contributed by atoms with Crippen LogP contribution in [0.15, 0.2) is 40.9 Å². The van der Waals surface area contributed by atoms with Gasteiger partial charge in [-0.15, -0.1) is 0 Å². The zero-order valence-corrected chi connectivity index (χ0v) is 13.3. The molecule has 0 radical (unpaired) electrons. The van der Waals surface area contributed by atoms with Gasteiger partial charge in [0.05, 0.1) is 4.48 Å². The quantitative estimate of drug-likeness (QED) is 0.816. The largest absolute Gasteiger partial charge is 0.463 e. The van der Waals surface area contributed by atoms with Gasteiger partial charge in [0, 0.05) is 12.5 Å². The Kier molecular flexibility index (Phi) is 5.46. The molecule has 1 aliphatic rings. The summed E-state index contributed by atoms with van der Waals surface area (Å²) in [7, 11) is 0. The molecule has 0 spiro atoms. The molecule has 1 aromatic carbocycles. The molecule has 0 saturated heterocycles. The van der Waals surface area contributed by atoms with Gasteiger partial charge in [0.25, 0.3) is 5.91 Å². The summed E-state index contributed by atoms with van der Waals surface area (Å²) in [6.45, 7) is 1.25. The zero-order valence-electron chi connectivity index (χ0n) is 11.7. The maximum Gasteiger partial charge on any atom is 0.302 e. The number of ketones is 1. The Morgan fingerprint density at radius 3 is 2.64 bits per heavy atom. The van der Waals surface area contributed by atoms with Crippen LogP contribution >= 0.6 is 15.9 Å². The molecule has 116 valence electrons. The Labute approximate surface area is 135 Å². The first-order valence-corrected chi connectivity index (χ1v) is 7.33. The van der Waals surface area contributed by atoms with Gasteiger partial charge in [0.15, 0.2) is 6.23 Å². The fourth-order valence-corrected chi connectivity index (χ4v) is 2.33. The third kappa shape index (κ3) is 4.25. The number of carbonyl (C=O) groups is 3. The summed E-state index contributed by atoms with van der Waals surface area (Å²) < 4.78 is 10.6. The average Bonchev–Trinajstić information content (AvgIpc) is 2.50. The number of rotatable bonds is 4. The summed E-state index contributed by atoms with van der Waals surface area (Å²) in [6, 6.07) is 8.48. The summed E-state index contributed by atoms with van der Waals surface area (Å²) in [5.41, 5.74) is 0.418. The van der Waals surface area contributed by atoms with Crippen molar-refractivity contribution in [2.45, 2.75) is 19.3 Å². The number of carbonyl (C=O) groups excluding carboxylic acids is 3. The average molecular weight is 368 g/mol. The van der Waals surface area contributed by atoms with E-state index in [-0.39, 0.29) is 11.1 Å². The number of amides is 1. The van der Waals surface area contributed by atoms with E-state index >= 15 is 0 Å². The summed E-state index contributed by atoms with van der Waals surface area (Å²) >= 11 is 3.13. The van der Waals surface area contributed by atoms with Gasteiger partial charge in [-0.1, -0.05) is 18.2 Å². The number of benzene rings is 1. The molecule has 1 heterocycles. The van der Waals surface area contributed by atoms with Gasteiger partial charge in [0.1, 0.15) is 12.7 Å². The summed E-state index contributed by atoms with van der Waals surface area (Å²) in [4.78, 5) is 34.9. The van der Waals surface area contributed by atoms with Gasteiger partial charge in [-0.05, 0) is 34.1 Å². The fourth-order valence-electron chi connectivity index (χ4n) is 1.82. The third-order valence-corrected chi connectivity index (χ3v) is 3.52. The first-order chi connectivity index (χ1) is 10.5. The van der Waals surface area contributed by atoms with Crippen LogP contribution in [0.25, 0.3) is 0 Å². The molecule has 0 unspecified atom stereocenters. The number of hydrogen-bond donors (Lipinski definition) is 1. The molecular formula is C15H14BrNO5. The molecule has 6 nitrogen and oxygen atoms in total. The van der Waals surface area contributed by atoms with Crippen molar-refractivity contribution in [3.8, 4) is 0 Å². The van der Waals surface area contributed by atoms with E-state index in [1.54, 1.807) is 30.3 Å². The van der Waals surface area contributed by atoms with Crippen molar-refractivity contribution in [1.29, 1.82) is 0 Å². The highest BCUT2D eigenvalue weighted by molar-refractivity contribution is 9.12. The molecule has 1 aromatic rings. The van der Waals surface area contributed by atoms with E-state index in [2.05, 4.69) is 21.2 Å². The lowest BCUT2D eigenvalue weighted by atomic mass is 10.1. The van der Waals surface area contributed by atoms with Crippen molar-refractivity contribution in [2.24, 2.45) is 0 Å². The molecule has 2 rings (SSSR count). The van der Waals surface area contributed by atoms with Gasteiger partial charge >= 0.3 is 5.97 Å². The van der Waals surface area contributed by atoms with Crippen LogP contribution in [-0.2, 0) is 19.1 Å². The Hall–Kier alpha value is -1.99. The number of Topliss-reactive ketones (excluding diaryl/α,β-unsaturated/α-hetero) is 1. The molecule has 0 fully saturated rings.